The zero-order valence-corrected chi connectivity index (χ0v) is 9.15. The zero-order chi connectivity index (χ0) is 11.5. The van der Waals surface area contributed by atoms with Crippen LogP contribution in [0.15, 0.2) is 30.7 Å². The molecular formula is C11H10ClFN2O. The van der Waals surface area contributed by atoms with Gasteiger partial charge in [0.15, 0.2) is 0 Å². The van der Waals surface area contributed by atoms with Crippen LogP contribution in [0.25, 0.3) is 0 Å². The third kappa shape index (κ3) is 2.23. The van der Waals surface area contributed by atoms with E-state index in [-0.39, 0.29) is 11.6 Å². The minimum Gasteiger partial charge on any atom is -0.390 e. The van der Waals surface area contributed by atoms with Crippen molar-refractivity contribution in [3.05, 3.63) is 52.8 Å². The number of hydrogen-bond donors (Lipinski definition) is 1. The molecule has 1 N–H and O–H groups in total. The Morgan fingerprint density at radius 2 is 2.25 bits per heavy atom. The first kappa shape index (κ1) is 11.1. The standard InChI is InChI=1S/C11H10ClFN2O/c12-11-8(2-1-3-10(11)13)4-15-5-9(6-16)14-7-15/h1-3,5,7,16H,4,6H2. The van der Waals surface area contributed by atoms with Crippen LogP contribution in [0.1, 0.15) is 11.3 Å². The van der Waals surface area contributed by atoms with Crippen molar-refractivity contribution < 1.29 is 9.50 Å². The number of benzene rings is 1. The van der Waals surface area contributed by atoms with E-state index in [1.807, 2.05) is 0 Å². The average Bonchev–Trinajstić information content (AvgIpc) is 2.73. The van der Waals surface area contributed by atoms with Crippen molar-refractivity contribution in [2.24, 2.45) is 0 Å². The number of imidazole rings is 1. The van der Waals surface area contributed by atoms with Crippen molar-refractivity contribution in [3.8, 4) is 0 Å². The first-order chi connectivity index (χ1) is 7.70. The van der Waals surface area contributed by atoms with E-state index < -0.39 is 5.82 Å². The Balaban J connectivity index is 2.23. The molecule has 0 radical (unpaired) electrons. The molecule has 2 aromatic rings. The lowest BCUT2D eigenvalue weighted by atomic mass is 10.2. The Labute approximate surface area is 97.1 Å². The normalized spacial score (nSPS) is 10.7. The number of halogens is 2. The molecule has 1 heterocycles. The lowest BCUT2D eigenvalue weighted by Crippen LogP contribution is -1.98. The molecule has 84 valence electrons. The molecule has 3 nitrogen and oxygen atoms in total. The molecule has 0 saturated heterocycles. The van der Waals surface area contributed by atoms with Crippen molar-refractivity contribution >= 4 is 11.6 Å². The topological polar surface area (TPSA) is 38.0 Å². The molecule has 5 heteroatoms. The number of rotatable bonds is 3. The Morgan fingerprint density at radius 3 is 2.94 bits per heavy atom. The van der Waals surface area contributed by atoms with E-state index in [0.29, 0.717) is 17.8 Å². The van der Waals surface area contributed by atoms with Crippen LogP contribution in [0.5, 0.6) is 0 Å². The van der Waals surface area contributed by atoms with Gasteiger partial charge in [0.25, 0.3) is 0 Å². The largest absolute Gasteiger partial charge is 0.390 e. The number of nitrogens with zero attached hydrogens (tertiary/aromatic N) is 2. The van der Waals surface area contributed by atoms with Crippen LogP contribution in [0.4, 0.5) is 4.39 Å². The van der Waals surface area contributed by atoms with Gasteiger partial charge < -0.3 is 9.67 Å². The van der Waals surface area contributed by atoms with E-state index in [1.165, 1.54) is 6.07 Å². The molecule has 2 rings (SSSR count). The van der Waals surface area contributed by atoms with Crippen LogP contribution in [0, 0.1) is 5.82 Å². The van der Waals surface area contributed by atoms with E-state index >= 15 is 0 Å². The van der Waals surface area contributed by atoms with Gasteiger partial charge in [0.1, 0.15) is 5.82 Å². The quantitative estimate of drug-likeness (QED) is 0.893. The summed E-state index contributed by atoms with van der Waals surface area (Å²) in [5.41, 5.74) is 1.26. The highest BCUT2D eigenvalue weighted by atomic mass is 35.5. The van der Waals surface area contributed by atoms with E-state index in [0.717, 1.165) is 0 Å². The number of aliphatic hydroxyl groups is 1. The number of aliphatic hydroxyl groups excluding tert-OH is 1. The van der Waals surface area contributed by atoms with Gasteiger partial charge >= 0.3 is 0 Å². The second kappa shape index (κ2) is 4.63. The van der Waals surface area contributed by atoms with Crippen LogP contribution < -0.4 is 0 Å². The summed E-state index contributed by atoms with van der Waals surface area (Å²) in [7, 11) is 0. The lowest BCUT2D eigenvalue weighted by Gasteiger charge is -2.05. The summed E-state index contributed by atoms with van der Waals surface area (Å²) in [5, 5.41) is 8.98. The summed E-state index contributed by atoms with van der Waals surface area (Å²) < 4.78 is 14.9. The van der Waals surface area contributed by atoms with Gasteiger partial charge in [-0.3, -0.25) is 0 Å². The first-order valence-electron chi connectivity index (χ1n) is 4.75. The molecule has 0 unspecified atom stereocenters. The van der Waals surface area contributed by atoms with E-state index in [9.17, 15) is 4.39 Å². The van der Waals surface area contributed by atoms with Gasteiger partial charge in [-0.15, -0.1) is 0 Å². The van der Waals surface area contributed by atoms with Gasteiger partial charge in [-0.1, -0.05) is 23.7 Å². The van der Waals surface area contributed by atoms with Crippen molar-refractivity contribution in [3.63, 3.8) is 0 Å². The fourth-order valence-electron chi connectivity index (χ4n) is 1.44. The molecule has 1 aromatic heterocycles. The second-order valence-corrected chi connectivity index (χ2v) is 3.79. The zero-order valence-electron chi connectivity index (χ0n) is 8.40. The summed E-state index contributed by atoms with van der Waals surface area (Å²) in [5.74, 6) is -0.429. The summed E-state index contributed by atoms with van der Waals surface area (Å²) >= 11 is 5.83. The van der Waals surface area contributed by atoms with Gasteiger partial charge in [0, 0.05) is 6.20 Å². The summed E-state index contributed by atoms with van der Waals surface area (Å²) in [6, 6.07) is 4.68. The third-order valence-electron chi connectivity index (χ3n) is 2.23. The molecule has 0 spiro atoms. The molecule has 0 aliphatic heterocycles. The fraction of sp³-hybridized carbons (Fsp3) is 0.182. The van der Waals surface area contributed by atoms with Gasteiger partial charge in [0.05, 0.1) is 30.2 Å². The van der Waals surface area contributed by atoms with Crippen LogP contribution in [-0.2, 0) is 13.2 Å². The van der Waals surface area contributed by atoms with Crippen molar-refractivity contribution in [2.75, 3.05) is 0 Å². The lowest BCUT2D eigenvalue weighted by molar-refractivity contribution is 0.277. The maximum atomic E-state index is 13.2. The monoisotopic (exact) mass is 240 g/mol. The maximum Gasteiger partial charge on any atom is 0.142 e. The summed E-state index contributed by atoms with van der Waals surface area (Å²) in [6.07, 6.45) is 3.27. The minimum absolute atomic E-state index is 0.107. The van der Waals surface area contributed by atoms with Crippen LogP contribution in [0.3, 0.4) is 0 Å². The summed E-state index contributed by atoms with van der Waals surface area (Å²) in [6.45, 7) is 0.327. The Bertz CT molecular complexity index is 498. The minimum atomic E-state index is -0.429. The predicted octanol–water partition coefficient (Wildman–Crippen LogP) is 2.22. The molecule has 0 atom stereocenters. The smallest absolute Gasteiger partial charge is 0.142 e. The van der Waals surface area contributed by atoms with Crippen LogP contribution in [-0.4, -0.2) is 14.7 Å². The second-order valence-electron chi connectivity index (χ2n) is 3.41. The molecule has 0 aliphatic carbocycles. The first-order valence-corrected chi connectivity index (χ1v) is 5.13. The van der Waals surface area contributed by atoms with Gasteiger partial charge in [-0.05, 0) is 11.6 Å². The van der Waals surface area contributed by atoms with Crippen LogP contribution in [0.2, 0.25) is 5.02 Å². The van der Waals surface area contributed by atoms with Crippen LogP contribution >= 0.6 is 11.6 Å². The van der Waals surface area contributed by atoms with Crippen molar-refractivity contribution in [1.82, 2.24) is 9.55 Å². The Morgan fingerprint density at radius 1 is 1.44 bits per heavy atom. The van der Waals surface area contributed by atoms with Gasteiger partial charge in [-0.2, -0.15) is 0 Å². The molecular weight excluding hydrogens is 231 g/mol. The molecule has 0 amide bonds. The van der Waals surface area contributed by atoms with E-state index in [4.69, 9.17) is 16.7 Å². The summed E-state index contributed by atoms with van der Waals surface area (Å²) in [4.78, 5) is 3.96. The Hall–Kier alpha value is -1.39. The molecule has 0 aliphatic rings. The fourth-order valence-corrected chi connectivity index (χ4v) is 1.63. The molecule has 16 heavy (non-hydrogen) atoms. The highest BCUT2D eigenvalue weighted by molar-refractivity contribution is 6.31. The van der Waals surface area contributed by atoms with Gasteiger partial charge in [-0.25, -0.2) is 9.37 Å². The van der Waals surface area contributed by atoms with Gasteiger partial charge in [0.2, 0.25) is 0 Å². The van der Waals surface area contributed by atoms with E-state index in [2.05, 4.69) is 4.98 Å². The predicted molar refractivity (Wildman–Crippen MR) is 58.7 cm³/mol. The highest BCUT2D eigenvalue weighted by Crippen LogP contribution is 2.20. The number of hydrogen-bond acceptors (Lipinski definition) is 2. The average molecular weight is 241 g/mol. The highest BCUT2D eigenvalue weighted by Gasteiger charge is 2.06. The maximum absolute atomic E-state index is 13.2. The van der Waals surface area contributed by atoms with E-state index in [1.54, 1.807) is 29.2 Å². The molecule has 1 aromatic carbocycles. The van der Waals surface area contributed by atoms with Crippen molar-refractivity contribution in [1.29, 1.82) is 0 Å². The number of aromatic nitrogens is 2. The molecule has 0 fully saturated rings. The Kier molecular flexibility index (Phi) is 3.22. The SMILES string of the molecule is OCc1cn(Cc2cccc(F)c2Cl)cn1. The molecule has 0 bridgehead atoms. The van der Waals surface area contributed by atoms with Crippen molar-refractivity contribution in [2.45, 2.75) is 13.2 Å². The molecule has 0 saturated carbocycles. The third-order valence-corrected chi connectivity index (χ3v) is 2.66.